The molecule has 1 fully saturated rings. The van der Waals surface area contributed by atoms with Crippen LogP contribution in [-0.2, 0) is 16.0 Å². The number of carbonyl (C=O) groups is 1. The highest BCUT2D eigenvalue weighted by atomic mass is 35.5. The van der Waals surface area contributed by atoms with Crippen LogP contribution in [0.3, 0.4) is 0 Å². The number of hydrogen-bond donors (Lipinski definition) is 0. The maximum Gasteiger partial charge on any atom is 0.310 e. The molecule has 0 aliphatic carbocycles. The van der Waals surface area contributed by atoms with Crippen LogP contribution in [-0.4, -0.2) is 37.1 Å². The van der Waals surface area contributed by atoms with Crippen molar-refractivity contribution in [1.82, 2.24) is 4.90 Å². The van der Waals surface area contributed by atoms with Crippen LogP contribution in [0, 0.1) is 0 Å². The molecule has 19 heavy (non-hydrogen) atoms. The number of carbonyl (C=O) groups excluding carboxylic acids is 1. The van der Waals surface area contributed by atoms with Gasteiger partial charge in [0.25, 0.3) is 0 Å². The second-order valence-corrected chi connectivity index (χ2v) is 5.51. The molecule has 1 aromatic carbocycles. The van der Waals surface area contributed by atoms with E-state index in [2.05, 4.69) is 4.90 Å². The first-order chi connectivity index (χ1) is 9.15. The lowest BCUT2D eigenvalue weighted by Crippen LogP contribution is -2.25. The Hall–Kier alpha value is -0.770. The average Bonchev–Trinajstić information content (AvgIpc) is 2.87. The minimum atomic E-state index is -0.224. The third-order valence-electron chi connectivity index (χ3n) is 3.20. The van der Waals surface area contributed by atoms with Crippen LogP contribution in [0.2, 0.25) is 10.0 Å². The van der Waals surface area contributed by atoms with E-state index in [1.54, 1.807) is 18.2 Å². The highest BCUT2D eigenvalue weighted by Crippen LogP contribution is 2.22. The second kappa shape index (κ2) is 7.13. The Morgan fingerprint density at radius 2 is 1.95 bits per heavy atom. The van der Waals surface area contributed by atoms with Gasteiger partial charge >= 0.3 is 5.97 Å². The summed E-state index contributed by atoms with van der Waals surface area (Å²) < 4.78 is 5.22. The molecule has 0 saturated carbocycles. The zero-order valence-corrected chi connectivity index (χ0v) is 12.2. The molecule has 1 heterocycles. The fraction of sp³-hybridized carbons (Fsp3) is 0.500. The molecular formula is C14H17Cl2NO2. The summed E-state index contributed by atoms with van der Waals surface area (Å²) in [6.45, 7) is 3.52. The SMILES string of the molecule is O=C(Cc1ccc(Cl)c(Cl)c1)OCCN1CCCC1. The Morgan fingerprint density at radius 3 is 2.63 bits per heavy atom. The van der Waals surface area contributed by atoms with Gasteiger partial charge in [0.05, 0.1) is 16.5 Å². The van der Waals surface area contributed by atoms with Gasteiger partial charge in [-0.05, 0) is 43.6 Å². The van der Waals surface area contributed by atoms with Crippen LogP contribution >= 0.6 is 23.2 Å². The van der Waals surface area contributed by atoms with Crippen LogP contribution < -0.4 is 0 Å². The number of likely N-dealkylation sites (tertiary alicyclic amines) is 1. The Labute approximate surface area is 123 Å². The largest absolute Gasteiger partial charge is 0.464 e. The summed E-state index contributed by atoms with van der Waals surface area (Å²) in [6.07, 6.45) is 2.73. The molecule has 2 rings (SSSR count). The Kier molecular flexibility index (Phi) is 5.49. The van der Waals surface area contributed by atoms with Crippen molar-refractivity contribution in [3.63, 3.8) is 0 Å². The standard InChI is InChI=1S/C14H17Cl2NO2/c15-12-4-3-11(9-13(12)16)10-14(18)19-8-7-17-5-1-2-6-17/h3-4,9H,1-2,5-8,10H2. The number of benzene rings is 1. The van der Waals surface area contributed by atoms with Gasteiger partial charge in [0.2, 0.25) is 0 Å². The van der Waals surface area contributed by atoms with Crippen LogP contribution in [0.4, 0.5) is 0 Å². The molecule has 1 saturated heterocycles. The molecule has 0 N–H and O–H groups in total. The third kappa shape index (κ3) is 4.68. The van der Waals surface area contributed by atoms with Crippen molar-refractivity contribution in [1.29, 1.82) is 0 Å². The number of nitrogens with zero attached hydrogens (tertiary/aromatic N) is 1. The maximum absolute atomic E-state index is 11.7. The first-order valence-electron chi connectivity index (χ1n) is 6.47. The molecule has 0 spiro atoms. The molecule has 3 nitrogen and oxygen atoms in total. The van der Waals surface area contributed by atoms with Crippen LogP contribution in [0.5, 0.6) is 0 Å². The molecule has 1 aromatic rings. The van der Waals surface area contributed by atoms with Gasteiger partial charge in [0, 0.05) is 6.54 Å². The first-order valence-corrected chi connectivity index (χ1v) is 7.22. The van der Waals surface area contributed by atoms with Crippen LogP contribution in [0.1, 0.15) is 18.4 Å². The quantitative estimate of drug-likeness (QED) is 0.782. The van der Waals surface area contributed by atoms with E-state index < -0.39 is 0 Å². The molecular weight excluding hydrogens is 285 g/mol. The van der Waals surface area contributed by atoms with Crippen LogP contribution in [0.25, 0.3) is 0 Å². The van der Waals surface area contributed by atoms with E-state index in [9.17, 15) is 4.79 Å². The Morgan fingerprint density at radius 1 is 1.21 bits per heavy atom. The molecule has 0 bridgehead atoms. The number of esters is 1. The van der Waals surface area contributed by atoms with Gasteiger partial charge in [0.1, 0.15) is 6.61 Å². The van der Waals surface area contributed by atoms with E-state index in [1.807, 2.05) is 0 Å². The average molecular weight is 302 g/mol. The van der Waals surface area contributed by atoms with Crippen molar-refractivity contribution in [2.24, 2.45) is 0 Å². The van der Waals surface area contributed by atoms with E-state index in [0.717, 1.165) is 25.2 Å². The molecule has 0 aromatic heterocycles. The second-order valence-electron chi connectivity index (χ2n) is 4.69. The van der Waals surface area contributed by atoms with Gasteiger partial charge in [0.15, 0.2) is 0 Å². The lowest BCUT2D eigenvalue weighted by molar-refractivity contribution is -0.143. The first kappa shape index (κ1) is 14.6. The normalized spacial score (nSPS) is 15.7. The van der Waals surface area contributed by atoms with E-state index >= 15 is 0 Å². The monoisotopic (exact) mass is 301 g/mol. The van der Waals surface area contributed by atoms with Crippen molar-refractivity contribution < 1.29 is 9.53 Å². The summed E-state index contributed by atoms with van der Waals surface area (Å²) in [5, 5.41) is 0.955. The van der Waals surface area contributed by atoms with Crippen molar-refractivity contribution >= 4 is 29.2 Å². The van der Waals surface area contributed by atoms with Gasteiger partial charge in [-0.2, -0.15) is 0 Å². The van der Waals surface area contributed by atoms with Gasteiger partial charge in [-0.25, -0.2) is 0 Å². The topological polar surface area (TPSA) is 29.5 Å². The minimum absolute atomic E-state index is 0.224. The Balaban J connectivity index is 1.72. The van der Waals surface area contributed by atoms with Gasteiger partial charge < -0.3 is 4.74 Å². The van der Waals surface area contributed by atoms with Crippen molar-refractivity contribution in [2.45, 2.75) is 19.3 Å². The minimum Gasteiger partial charge on any atom is -0.464 e. The molecule has 0 radical (unpaired) electrons. The van der Waals surface area contributed by atoms with Crippen LogP contribution in [0.15, 0.2) is 18.2 Å². The zero-order valence-electron chi connectivity index (χ0n) is 10.7. The summed E-state index contributed by atoms with van der Waals surface area (Å²) >= 11 is 11.7. The van der Waals surface area contributed by atoms with Gasteiger partial charge in [-0.1, -0.05) is 29.3 Å². The lowest BCUT2D eigenvalue weighted by Gasteiger charge is -2.14. The van der Waals surface area contributed by atoms with Gasteiger partial charge in [-0.15, -0.1) is 0 Å². The summed E-state index contributed by atoms with van der Waals surface area (Å²) in [6, 6.07) is 5.18. The van der Waals surface area contributed by atoms with E-state index in [1.165, 1.54) is 12.8 Å². The number of ether oxygens (including phenoxy) is 1. The summed E-state index contributed by atoms with van der Waals surface area (Å²) in [4.78, 5) is 14.0. The lowest BCUT2D eigenvalue weighted by atomic mass is 10.1. The van der Waals surface area contributed by atoms with Crippen molar-refractivity contribution in [3.05, 3.63) is 33.8 Å². The fourth-order valence-electron chi connectivity index (χ4n) is 2.16. The smallest absolute Gasteiger partial charge is 0.310 e. The molecule has 1 aliphatic rings. The number of rotatable bonds is 5. The predicted octanol–water partition coefficient (Wildman–Crippen LogP) is 3.17. The van der Waals surface area contributed by atoms with E-state index in [-0.39, 0.29) is 12.4 Å². The predicted molar refractivity (Wildman–Crippen MR) is 76.8 cm³/mol. The van der Waals surface area contributed by atoms with E-state index in [4.69, 9.17) is 27.9 Å². The molecule has 0 amide bonds. The molecule has 0 atom stereocenters. The summed E-state index contributed by atoms with van der Waals surface area (Å²) in [5.41, 5.74) is 0.820. The summed E-state index contributed by atoms with van der Waals surface area (Å²) in [7, 11) is 0. The van der Waals surface area contributed by atoms with E-state index in [0.29, 0.717) is 16.7 Å². The van der Waals surface area contributed by atoms with Crippen molar-refractivity contribution in [2.75, 3.05) is 26.2 Å². The highest BCUT2D eigenvalue weighted by molar-refractivity contribution is 6.42. The fourth-order valence-corrected chi connectivity index (χ4v) is 2.48. The maximum atomic E-state index is 11.7. The highest BCUT2D eigenvalue weighted by Gasteiger charge is 2.12. The van der Waals surface area contributed by atoms with Gasteiger partial charge in [-0.3, -0.25) is 9.69 Å². The zero-order chi connectivity index (χ0) is 13.7. The third-order valence-corrected chi connectivity index (χ3v) is 3.94. The number of hydrogen-bond acceptors (Lipinski definition) is 3. The Bertz CT molecular complexity index is 445. The molecule has 5 heteroatoms. The molecule has 104 valence electrons. The molecule has 1 aliphatic heterocycles. The summed E-state index contributed by atoms with van der Waals surface area (Å²) in [5.74, 6) is -0.224. The van der Waals surface area contributed by atoms with Crippen molar-refractivity contribution in [3.8, 4) is 0 Å². The number of halogens is 2. The molecule has 0 unspecified atom stereocenters.